The van der Waals surface area contributed by atoms with Crippen LogP contribution in [0.3, 0.4) is 0 Å². The third-order valence-corrected chi connectivity index (χ3v) is 6.16. The Morgan fingerprint density at radius 3 is 2.71 bits per heavy atom. The van der Waals surface area contributed by atoms with Crippen LogP contribution in [-0.2, 0) is 16.4 Å². The molecule has 1 atom stereocenters. The van der Waals surface area contributed by atoms with Gasteiger partial charge >= 0.3 is 6.03 Å². The molecule has 0 aromatic heterocycles. The average Bonchev–Trinajstić information content (AvgIpc) is 2.79. The molecule has 0 saturated carbocycles. The summed E-state index contributed by atoms with van der Waals surface area (Å²) in [5.41, 5.74) is 0.987. The lowest BCUT2D eigenvalue weighted by atomic mass is 10.2. The Labute approximate surface area is 133 Å². The Balaban J connectivity index is 1.97. The highest BCUT2D eigenvalue weighted by molar-refractivity contribution is 9.10. The summed E-state index contributed by atoms with van der Waals surface area (Å²) in [6.45, 7) is 2.78. The molecular weight excluding hydrogens is 356 g/mol. The van der Waals surface area contributed by atoms with Crippen molar-refractivity contribution in [2.75, 3.05) is 18.1 Å². The van der Waals surface area contributed by atoms with E-state index >= 15 is 0 Å². The molecule has 0 radical (unpaired) electrons. The van der Waals surface area contributed by atoms with E-state index in [9.17, 15) is 13.2 Å². The summed E-state index contributed by atoms with van der Waals surface area (Å²) in [5, 5.41) is 2.86. The lowest BCUT2D eigenvalue weighted by molar-refractivity contribution is 0.183. The van der Waals surface area contributed by atoms with E-state index in [4.69, 9.17) is 0 Å². The molecule has 0 aliphatic carbocycles. The number of nitrogens with one attached hydrogen (secondary N) is 1. The van der Waals surface area contributed by atoms with Gasteiger partial charge in [-0.15, -0.1) is 0 Å². The number of amides is 2. The van der Waals surface area contributed by atoms with E-state index in [-0.39, 0.29) is 23.6 Å². The smallest absolute Gasteiger partial charge is 0.317 e. The van der Waals surface area contributed by atoms with Crippen LogP contribution in [-0.4, -0.2) is 43.4 Å². The Morgan fingerprint density at radius 1 is 1.43 bits per heavy atom. The van der Waals surface area contributed by atoms with Gasteiger partial charge in [-0.2, -0.15) is 0 Å². The predicted molar refractivity (Wildman–Crippen MR) is 85.8 cm³/mol. The van der Waals surface area contributed by atoms with Crippen LogP contribution in [0.2, 0.25) is 0 Å². The first-order valence-corrected chi connectivity index (χ1v) is 9.52. The number of rotatable bonds is 4. The van der Waals surface area contributed by atoms with Gasteiger partial charge in [-0.05, 0) is 25.0 Å². The van der Waals surface area contributed by atoms with Crippen molar-refractivity contribution in [2.45, 2.75) is 25.9 Å². The van der Waals surface area contributed by atoms with Crippen LogP contribution >= 0.6 is 15.9 Å². The molecule has 1 unspecified atom stereocenters. The first kappa shape index (κ1) is 16.3. The number of urea groups is 1. The van der Waals surface area contributed by atoms with Crippen molar-refractivity contribution in [1.82, 2.24) is 10.2 Å². The third-order valence-electron chi connectivity index (χ3n) is 3.64. The molecule has 7 heteroatoms. The van der Waals surface area contributed by atoms with Gasteiger partial charge < -0.3 is 10.2 Å². The summed E-state index contributed by atoms with van der Waals surface area (Å²) in [4.78, 5) is 13.9. The number of sulfone groups is 1. The quantitative estimate of drug-likeness (QED) is 0.877. The van der Waals surface area contributed by atoms with Gasteiger partial charge in [0.1, 0.15) is 0 Å². The van der Waals surface area contributed by atoms with Crippen molar-refractivity contribution in [1.29, 1.82) is 0 Å². The van der Waals surface area contributed by atoms with Gasteiger partial charge in [0.05, 0.1) is 11.5 Å². The van der Waals surface area contributed by atoms with Crippen LogP contribution in [0, 0.1) is 0 Å². The zero-order valence-electron chi connectivity index (χ0n) is 11.9. The molecule has 116 valence electrons. The second-order valence-electron chi connectivity index (χ2n) is 5.09. The van der Waals surface area contributed by atoms with E-state index < -0.39 is 9.84 Å². The van der Waals surface area contributed by atoms with E-state index in [1.807, 2.05) is 31.2 Å². The standard InChI is InChI=1S/C14H19BrN2O3S/c1-2-17(12-7-8-21(19,20)10-12)14(18)16-9-11-5-3-4-6-13(11)15/h3-6,12H,2,7-10H2,1H3,(H,16,18). The number of halogens is 1. The Bertz CT molecular complexity index is 618. The SMILES string of the molecule is CCN(C(=O)NCc1ccccc1Br)C1CCS(=O)(=O)C1. The minimum absolute atomic E-state index is 0.0727. The van der Waals surface area contributed by atoms with Crippen LogP contribution in [0.5, 0.6) is 0 Å². The zero-order chi connectivity index (χ0) is 15.5. The summed E-state index contributed by atoms with van der Waals surface area (Å²) in [5.74, 6) is 0.245. The van der Waals surface area contributed by atoms with Crippen molar-refractivity contribution >= 4 is 31.8 Å². The fourth-order valence-electron chi connectivity index (χ4n) is 2.50. The van der Waals surface area contributed by atoms with E-state index in [1.54, 1.807) is 4.90 Å². The molecule has 1 heterocycles. The minimum atomic E-state index is -2.99. The van der Waals surface area contributed by atoms with Crippen LogP contribution in [0.4, 0.5) is 4.79 Å². The van der Waals surface area contributed by atoms with E-state index in [0.717, 1.165) is 10.0 Å². The van der Waals surface area contributed by atoms with Gasteiger partial charge in [0.15, 0.2) is 9.84 Å². The molecule has 0 spiro atoms. The first-order chi connectivity index (χ1) is 9.93. The van der Waals surface area contributed by atoms with Gasteiger partial charge in [-0.3, -0.25) is 0 Å². The van der Waals surface area contributed by atoms with Crippen LogP contribution in [0.15, 0.2) is 28.7 Å². The Morgan fingerprint density at radius 2 is 2.14 bits per heavy atom. The van der Waals surface area contributed by atoms with Gasteiger partial charge in [-0.1, -0.05) is 34.1 Å². The molecule has 0 bridgehead atoms. The Kier molecular flexibility index (Phi) is 5.27. The monoisotopic (exact) mass is 374 g/mol. The van der Waals surface area contributed by atoms with E-state index in [1.165, 1.54) is 0 Å². The summed E-state index contributed by atoms with van der Waals surface area (Å²) >= 11 is 3.44. The van der Waals surface area contributed by atoms with E-state index in [2.05, 4.69) is 21.2 Å². The number of nitrogens with zero attached hydrogens (tertiary/aromatic N) is 1. The summed E-state index contributed by atoms with van der Waals surface area (Å²) < 4.78 is 24.0. The molecule has 1 aromatic rings. The van der Waals surface area contributed by atoms with Gasteiger partial charge in [0.25, 0.3) is 0 Å². The van der Waals surface area contributed by atoms with Gasteiger partial charge in [0, 0.05) is 23.6 Å². The first-order valence-electron chi connectivity index (χ1n) is 6.91. The number of carbonyl (C=O) groups is 1. The van der Waals surface area contributed by atoms with Crippen LogP contribution in [0.25, 0.3) is 0 Å². The maximum Gasteiger partial charge on any atom is 0.317 e. The average molecular weight is 375 g/mol. The number of benzene rings is 1. The molecular formula is C14H19BrN2O3S. The van der Waals surface area contributed by atoms with Crippen molar-refractivity contribution in [3.8, 4) is 0 Å². The maximum atomic E-state index is 12.3. The summed E-state index contributed by atoms with van der Waals surface area (Å²) in [6.07, 6.45) is 0.526. The molecule has 21 heavy (non-hydrogen) atoms. The van der Waals surface area contributed by atoms with Crippen molar-refractivity contribution in [2.24, 2.45) is 0 Å². The van der Waals surface area contributed by atoms with Gasteiger partial charge in [-0.25, -0.2) is 13.2 Å². The summed E-state index contributed by atoms with van der Waals surface area (Å²) in [7, 11) is -2.99. The highest BCUT2D eigenvalue weighted by atomic mass is 79.9. The molecule has 5 nitrogen and oxygen atoms in total. The molecule has 2 amide bonds. The Hall–Kier alpha value is -1.08. The minimum Gasteiger partial charge on any atom is -0.334 e. The fourth-order valence-corrected chi connectivity index (χ4v) is 4.66. The summed E-state index contributed by atoms with van der Waals surface area (Å²) in [6, 6.07) is 7.25. The fraction of sp³-hybridized carbons (Fsp3) is 0.500. The molecule has 2 rings (SSSR count). The van der Waals surface area contributed by atoms with Crippen molar-refractivity contribution < 1.29 is 13.2 Å². The predicted octanol–water partition coefficient (Wildman–Crippen LogP) is 2.17. The molecule has 1 aliphatic heterocycles. The molecule has 1 saturated heterocycles. The van der Waals surface area contributed by atoms with Crippen molar-refractivity contribution in [3.63, 3.8) is 0 Å². The highest BCUT2D eigenvalue weighted by Gasteiger charge is 2.33. The number of hydrogen-bond donors (Lipinski definition) is 1. The lowest BCUT2D eigenvalue weighted by Crippen LogP contribution is -2.46. The number of hydrogen-bond acceptors (Lipinski definition) is 3. The topological polar surface area (TPSA) is 66.5 Å². The normalized spacial score (nSPS) is 20.2. The molecule has 1 aromatic carbocycles. The molecule has 1 fully saturated rings. The maximum absolute atomic E-state index is 12.3. The van der Waals surface area contributed by atoms with Crippen LogP contribution < -0.4 is 5.32 Å². The second kappa shape index (κ2) is 6.79. The molecule has 1 N–H and O–H groups in total. The highest BCUT2D eigenvalue weighted by Crippen LogP contribution is 2.18. The largest absolute Gasteiger partial charge is 0.334 e. The lowest BCUT2D eigenvalue weighted by Gasteiger charge is -2.27. The second-order valence-corrected chi connectivity index (χ2v) is 8.18. The molecule has 1 aliphatic rings. The number of carbonyl (C=O) groups excluding carboxylic acids is 1. The van der Waals surface area contributed by atoms with E-state index in [0.29, 0.717) is 19.5 Å². The third kappa shape index (κ3) is 4.20. The van der Waals surface area contributed by atoms with Crippen LogP contribution in [0.1, 0.15) is 18.9 Å². The zero-order valence-corrected chi connectivity index (χ0v) is 14.3. The van der Waals surface area contributed by atoms with Crippen molar-refractivity contribution in [3.05, 3.63) is 34.3 Å². The van der Waals surface area contributed by atoms with Gasteiger partial charge in [0.2, 0.25) is 0 Å².